The zero-order valence-electron chi connectivity index (χ0n) is 8.20. The Hall–Kier alpha value is -0.900. The molecule has 0 aliphatic carbocycles. The molecule has 1 atom stereocenters. The fourth-order valence-electron chi connectivity index (χ4n) is 1.65. The van der Waals surface area contributed by atoms with Crippen LogP contribution in [-0.4, -0.2) is 24.5 Å². The number of carbonyl (C=O) groups is 1. The van der Waals surface area contributed by atoms with Crippen LogP contribution in [0.1, 0.15) is 16.8 Å². The first kappa shape index (κ1) is 10.6. The highest BCUT2D eigenvalue weighted by Crippen LogP contribution is 2.21. The van der Waals surface area contributed by atoms with Gasteiger partial charge in [-0.3, -0.25) is 4.79 Å². The van der Waals surface area contributed by atoms with Crippen LogP contribution in [0.3, 0.4) is 0 Å². The second-order valence-electron chi connectivity index (χ2n) is 3.79. The predicted octanol–water partition coefficient (Wildman–Crippen LogP) is 1.64. The van der Waals surface area contributed by atoms with Gasteiger partial charge >= 0.3 is 0 Å². The molecule has 1 saturated heterocycles. The van der Waals surface area contributed by atoms with E-state index in [1.54, 1.807) is 24.3 Å². The highest BCUT2D eigenvalue weighted by Gasteiger charge is 2.38. The third-order valence-electron chi connectivity index (χ3n) is 2.61. The van der Waals surface area contributed by atoms with Crippen molar-refractivity contribution in [2.45, 2.75) is 12.0 Å². The number of carbonyl (C=O) groups excluding carboxylic acids is 1. The maximum Gasteiger partial charge on any atom is 0.185 e. The Labute approximate surface area is 93.2 Å². The third kappa shape index (κ3) is 2.04. The van der Waals surface area contributed by atoms with Crippen LogP contribution in [0, 0.1) is 0 Å². The van der Waals surface area contributed by atoms with E-state index in [4.69, 9.17) is 22.1 Å². The first-order valence-corrected chi connectivity index (χ1v) is 5.17. The lowest BCUT2D eigenvalue weighted by atomic mass is 9.90. The van der Waals surface area contributed by atoms with Crippen molar-refractivity contribution in [1.82, 2.24) is 0 Å². The number of halogens is 1. The van der Waals surface area contributed by atoms with E-state index in [0.717, 1.165) is 0 Å². The summed E-state index contributed by atoms with van der Waals surface area (Å²) < 4.78 is 5.15. The van der Waals surface area contributed by atoms with E-state index in [1.807, 2.05) is 0 Å². The van der Waals surface area contributed by atoms with Gasteiger partial charge in [0.25, 0.3) is 0 Å². The van der Waals surface area contributed by atoms with Crippen LogP contribution in [0.4, 0.5) is 0 Å². The van der Waals surface area contributed by atoms with Crippen molar-refractivity contribution in [1.29, 1.82) is 0 Å². The Morgan fingerprint density at radius 3 is 2.60 bits per heavy atom. The zero-order chi connectivity index (χ0) is 10.9. The Balaban J connectivity index is 2.24. The van der Waals surface area contributed by atoms with Crippen molar-refractivity contribution >= 4 is 17.4 Å². The molecule has 0 bridgehead atoms. The zero-order valence-corrected chi connectivity index (χ0v) is 8.96. The molecule has 15 heavy (non-hydrogen) atoms. The molecular weight excluding hydrogens is 214 g/mol. The lowest BCUT2D eigenvalue weighted by molar-refractivity contribution is 0.0863. The molecule has 2 rings (SSSR count). The second-order valence-corrected chi connectivity index (χ2v) is 4.23. The number of hydrogen-bond acceptors (Lipinski definition) is 3. The quantitative estimate of drug-likeness (QED) is 0.779. The van der Waals surface area contributed by atoms with Gasteiger partial charge in [-0.05, 0) is 30.7 Å². The van der Waals surface area contributed by atoms with E-state index in [1.165, 1.54) is 0 Å². The standard InChI is InChI=1S/C11H12ClNO2/c12-9-3-1-8(2-4-9)10(14)11(13)5-6-15-7-11/h1-4H,5-7,13H2. The van der Waals surface area contributed by atoms with E-state index in [2.05, 4.69) is 0 Å². The van der Waals surface area contributed by atoms with Gasteiger partial charge < -0.3 is 10.5 Å². The molecule has 0 amide bonds. The number of ketones is 1. The molecule has 3 nitrogen and oxygen atoms in total. The highest BCUT2D eigenvalue weighted by molar-refractivity contribution is 6.30. The SMILES string of the molecule is NC1(C(=O)c2ccc(Cl)cc2)CCOC1. The Kier molecular flexibility index (Phi) is 2.78. The molecule has 80 valence electrons. The van der Waals surface area contributed by atoms with Crippen LogP contribution in [-0.2, 0) is 4.74 Å². The number of benzene rings is 1. The minimum absolute atomic E-state index is 0.0725. The van der Waals surface area contributed by atoms with Crippen molar-refractivity contribution in [2.24, 2.45) is 5.73 Å². The summed E-state index contributed by atoms with van der Waals surface area (Å²) in [6.07, 6.45) is 0.578. The van der Waals surface area contributed by atoms with Crippen LogP contribution in [0.2, 0.25) is 5.02 Å². The molecule has 1 heterocycles. The number of rotatable bonds is 2. The number of nitrogens with two attached hydrogens (primary N) is 1. The minimum Gasteiger partial charge on any atom is -0.379 e. The van der Waals surface area contributed by atoms with Gasteiger partial charge in [-0.15, -0.1) is 0 Å². The summed E-state index contributed by atoms with van der Waals surface area (Å²) in [7, 11) is 0. The van der Waals surface area contributed by atoms with E-state index in [9.17, 15) is 4.79 Å². The fourth-order valence-corrected chi connectivity index (χ4v) is 1.77. The van der Waals surface area contributed by atoms with Crippen molar-refractivity contribution in [3.8, 4) is 0 Å². The highest BCUT2D eigenvalue weighted by atomic mass is 35.5. The molecule has 1 unspecified atom stereocenters. The normalized spacial score (nSPS) is 25.5. The summed E-state index contributed by atoms with van der Waals surface area (Å²) in [5, 5.41) is 0.611. The molecule has 1 aromatic carbocycles. The summed E-state index contributed by atoms with van der Waals surface area (Å²) >= 11 is 5.74. The largest absolute Gasteiger partial charge is 0.379 e. The Morgan fingerprint density at radius 2 is 2.07 bits per heavy atom. The molecule has 0 spiro atoms. The van der Waals surface area contributed by atoms with Gasteiger partial charge in [-0.1, -0.05) is 11.6 Å². The molecule has 0 radical (unpaired) electrons. The van der Waals surface area contributed by atoms with Gasteiger partial charge in [0, 0.05) is 17.2 Å². The average Bonchev–Trinajstić information content (AvgIpc) is 2.67. The van der Waals surface area contributed by atoms with Gasteiger partial charge in [0.15, 0.2) is 5.78 Å². The monoisotopic (exact) mass is 225 g/mol. The number of ether oxygens (including phenoxy) is 1. The van der Waals surface area contributed by atoms with Crippen LogP contribution < -0.4 is 5.73 Å². The first-order chi connectivity index (χ1) is 7.12. The lowest BCUT2D eigenvalue weighted by Crippen LogP contribution is -2.48. The van der Waals surface area contributed by atoms with E-state index in [-0.39, 0.29) is 5.78 Å². The molecule has 1 aliphatic rings. The summed E-state index contributed by atoms with van der Waals surface area (Å²) in [6.45, 7) is 0.851. The van der Waals surface area contributed by atoms with E-state index < -0.39 is 5.54 Å². The van der Waals surface area contributed by atoms with Crippen molar-refractivity contribution in [3.05, 3.63) is 34.9 Å². The van der Waals surface area contributed by atoms with Crippen LogP contribution in [0.25, 0.3) is 0 Å². The first-order valence-electron chi connectivity index (χ1n) is 4.79. The summed E-state index contributed by atoms with van der Waals surface area (Å²) in [5.41, 5.74) is 5.70. The topological polar surface area (TPSA) is 52.3 Å². The van der Waals surface area contributed by atoms with E-state index in [0.29, 0.717) is 30.2 Å². The predicted molar refractivity (Wildman–Crippen MR) is 58.1 cm³/mol. The second kappa shape index (κ2) is 3.93. The van der Waals surface area contributed by atoms with Crippen molar-refractivity contribution in [2.75, 3.05) is 13.2 Å². The van der Waals surface area contributed by atoms with Crippen molar-refractivity contribution in [3.63, 3.8) is 0 Å². The molecule has 0 saturated carbocycles. The minimum atomic E-state index is -0.853. The van der Waals surface area contributed by atoms with Crippen LogP contribution in [0.15, 0.2) is 24.3 Å². The molecule has 1 aliphatic heterocycles. The maximum atomic E-state index is 12.0. The lowest BCUT2D eigenvalue weighted by Gasteiger charge is -2.19. The van der Waals surface area contributed by atoms with Gasteiger partial charge in [0.05, 0.1) is 6.61 Å². The molecule has 1 aromatic rings. The number of hydrogen-bond donors (Lipinski definition) is 1. The smallest absolute Gasteiger partial charge is 0.185 e. The summed E-state index contributed by atoms with van der Waals surface area (Å²) in [6, 6.07) is 6.76. The summed E-state index contributed by atoms with van der Waals surface area (Å²) in [4.78, 5) is 12.0. The summed E-state index contributed by atoms with van der Waals surface area (Å²) in [5.74, 6) is -0.0725. The molecule has 4 heteroatoms. The molecule has 1 fully saturated rings. The molecule has 2 N–H and O–H groups in total. The number of Topliss-reactive ketones (excluding diaryl/α,β-unsaturated/α-hetero) is 1. The van der Waals surface area contributed by atoms with Gasteiger partial charge in [-0.25, -0.2) is 0 Å². The third-order valence-corrected chi connectivity index (χ3v) is 2.86. The molecular formula is C11H12ClNO2. The van der Waals surface area contributed by atoms with Crippen LogP contribution in [0.5, 0.6) is 0 Å². The average molecular weight is 226 g/mol. The van der Waals surface area contributed by atoms with Gasteiger partial charge in [0.2, 0.25) is 0 Å². The van der Waals surface area contributed by atoms with Gasteiger partial charge in [0.1, 0.15) is 5.54 Å². The Bertz CT molecular complexity index is 369. The Morgan fingerprint density at radius 1 is 1.40 bits per heavy atom. The fraction of sp³-hybridized carbons (Fsp3) is 0.364. The van der Waals surface area contributed by atoms with Crippen molar-refractivity contribution < 1.29 is 9.53 Å². The maximum absolute atomic E-state index is 12.0. The molecule has 0 aromatic heterocycles. The van der Waals surface area contributed by atoms with E-state index >= 15 is 0 Å². The van der Waals surface area contributed by atoms with Crippen LogP contribution >= 0.6 is 11.6 Å². The van der Waals surface area contributed by atoms with Gasteiger partial charge in [-0.2, -0.15) is 0 Å².